The molecule has 19 heavy (non-hydrogen) atoms. The SMILES string of the molecule is N/C(=N/O)c1cccn1-c1ccc(C(F)(F)F)cn1. The number of oxime groups is 1. The fourth-order valence-electron chi connectivity index (χ4n) is 1.54. The van der Waals surface area contributed by atoms with Crippen LogP contribution in [0.5, 0.6) is 0 Å². The Bertz CT molecular complexity index is 601. The van der Waals surface area contributed by atoms with E-state index in [1.807, 2.05) is 0 Å². The molecule has 0 radical (unpaired) electrons. The first-order chi connectivity index (χ1) is 8.93. The molecule has 3 N–H and O–H groups in total. The Labute approximate surface area is 105 Å². The molecule has 0 amide bonds. The van der Waals surface area contributed by atoms with E-state index >= 15 is 0 Å². The second-order valence-electron chi connectivity index (χ2n) is 3.65. The number of amidine groups is 1. The predicted molar refractivity (Wildman–Crippen MR) is 61.1 cm³/mol. The molecule has 2 aromatic heterocycles. The molecule has 0 aliphatic heterocycles. The van der Waals surface area contributed by atoms with Gasteiger partial charge in [-0.2, -0.15) is 13.2 Å². The van der Waals surface area contributed by atoms with Crippen molar-refractivity contribution in [2.75, 3.05) is 0 Å². The minimum Gasteiger partial charge on any atom is -0.409 e. The standard InChI is InChI=1S/C11H9F3N4O/c12-11(13,14)7-3-4-9(16-6-7)18-5-1-2-8(18)10(15)17-19/h1-6,19H,(H2,15,17). The number of alkyl halides is 3. The Morgan fingerprint density at radius 2 is 2.05 bits per heavy atom. The van der Waals surface area contributed by atoms with Gasteiger partial charge in [0.05, 0.1) is 11.3 Å². The molecule has 100 valence electrons. The Kier molecular flexibility index (Phi) is 3.16. The lowest BCUT2D eigenvalue weighted by Gasteiger charge is -2.09. The fraction of sp³-hybridized carbons (Fsp3) is 0.0909. The maximum absolute atomic E-state index is 12.4. The van der Waals surface area contributed by atoms with Crippen LogP contribution in [0, 0.1) is 0 Å². The van der Waals surface area contributed by atoms with E-state index in [4.69, 9.17) is 10.9 Å². The number of rotatable bonds is 2. The topological polar surface area (TPSA) is 76.4 Å². The Balaban J connectivity index is 2.41. The van der Waals surface area contributed by atoms with E-state index in [1.54, 1.807) is 18.3 Å². The molecular formula is C11H9F3N4O. The van der Waals surface area contributed by atoms with Crippen LogP contribution in [0.3, 0.4) is 0 Å². The maximum Gasteiger partial charge on any atom is 0.417 e. The molecule has 8 heteroatoms. The molecule has 0 fully saturated rings. The molecule has 2 heterocycles. The summed E-state index contributed by atoms with van der Waals surface area (Å²) in [6.45, 7) is 0. The van der Waals surface area contributed by atoms with E-state index in [1.165, 1.54) is 10.6 Å². The molecule has 0 bridgehead atoms. The van der Waals surface area contributed by atoms with Gasteiger partial charge in [-0.3, -0.25) is 4.57 Å². The summed E-state index contributed by atoms with van der Waals surface area (Å²) >= 11 is 0. The highest BCUT2D eigenvalue weighted by Gasteiger charge is 2.30. The van der Waals surface area contributed by atoms with Gasteiger partial charge < -0.3 is 10.9 Å². The normalized spacial score (nSPS) is 12.7. The number of nitrogens with zero attached hydrogens (tertiary/aromatic N) is 3. The van der Waals surface area contributed by atoms with Crippen molar-refractivity contribution in [1.29, 1.82) is 0 Å². The molecule has 0 atom stereocenters. The monoisotopic (exact) mass is 270 g/mol. The fourth-order valence-corrected chi connectivity index (χ4v) is 1.54. The van der Waals surface area contributed by atoms with Crippen LogP contribution in [0.25, 0.3) is 5.82 Å². The highest BCUT2D eigenvalue weighted by atomic mass is 19.4. The lowest BCUT2D eigenvalue weighted by atomic mass is 10.3. The van der Waals surface area contributed by atoms with Gasteiger partial charge in [0.25, 0.3) is 0 Å². The van der Waals surface area contributed by atoms with Gasteiger partial charge in [-0.1, -0.05) is 5.16 Å². The summed E-state index contributed by atoms with van der Waals surface area (Å²) in [5, 5.41) is 11.4. The van der Waals surface area contributed by atoms with Gasteiger partial charge in [0, 0.05) is 12.4 Å². The van der Waals surface area contributed by atoms with Crippen LogP contribution in [-0.4, -0.2) is 20.6 Å². The smallest absolute Gasteiger partial charge is 0.409 e. The van der Waals surface area contributed by atoms with E-state index in [9.17, 15) is 13.2 Å². The summed E-state index contributed by atoms with van der Waals surface area (Å²) in [7, 11) is 0. The molecule has 0 spiro atoms. The Hall–Kier alpha value is -2.51. The number of aromatic nitrogens is 2. The molecule has 0 unspecified atom stereocenters. The van der Waals surface area contributed by atoms with E-state index < -0.39 is 11.7 Å². The van der Waals surface area contributed by atoms with E-state index in [0.29, 0.717) is 5.69 Å². The molecular weight excluding hydrogens is 261 g/mol. The summed E-state index contributed by atoms with van der Waals surface area (Å²) in [6, 6.07) is 5.27. The van der Waals surface area contributed by atoms with Crippen LogP contribution < -0.4 is 5.73 Å². The maximum atomic E-state index is 12.4. The quantitative estimate of drug-likeness (QED) is 0.379. The van der Waals surface area contributed by atoms with Crippen molar-refractivity contribution in [3.8, 4) is 5.82 Å². The molecule has 0 aliphatic rings. The summed E-state index contributed by atoms with van der Waals surface area (Å²) in [6.07, 6.45) is -2.16. The van der Waals surface area contributed by atoms with Crippen LogP contribution >= 0.6 is 0 Å². The molecule has 2 rings (SSSR count). The zero-order valence-corrected chi connectivity index (χ0v) is 9.46. The first kappa shape index (κ1) is 12.9. The van der Waals surface area contributed by atoms with Crippen molar-refractivity contribution in [3.05, 3.63) is 47.9 Å². The van der Waals surface area contributed by atoms with Gasteiger partial charge in [0.2, 0.25) is 0 Å². The summed E-state index contributed by atoms with van der Waals surface area (Å²) in [5.41, 5.74) is 4.94. The summed E-state index contributed by atoms with van der Waals surface area (Å²) in [5.74, 6) is 0.0753. The average molecular weight is 270 g/mol. The van der Waals surface area contributed by atoms with Gasteiger partial charge in [0.1, 0.15) is 5.82 Å². The number of nitrogens with two attached hydrogens (primary N) is 1. The third-order valence-electron chi connectivity index (χ3n) is 2.44. The van der Waals surface area contributed by atoms with Gasteiger partial charge in [0.15, 0.2) is 5.84 Å². The van der Waals surface area contributed by atoms with Crippen LogP contribution in [0.1, 0.15) is 11.3 Å². The second kappa shape index (κ2) is 4.63. The first-order valence-electron chi connectivity index (χ1n) is 5.12. The number of hydrogen-bond donors (Lipinski definition) is 2. The van der Waals surface area contributed by atoms with Crippen molar-refractivity contribution in [2.45, 2.75) is 6.18 Å². The minimum atomic E-state index is -4.43. The van der Waals surface area contributed by atoms with Crippen LogP contribution in [0.4, 0.5) is 13.2 Å². The van der Waals surface area contributed by atoms with Gasteiger partial charge in [-0.05, 0) is 24.3 Å². The summed E-state index contributed by atoms with van der Waals surface area (Å²) < 4.78 is 38.6. The number of pyridine rings is 1. The zero-order valence-electron chi connectivity index (χ0n) is 9.46. The van der Waals surface area contributed by atoms with Crippen LogP contribution in [-0.2, 0) is 6.18 Å². The summed E-state index contributed by atoms with van der Waals surface area (Å²) in [4.78, 5) is 3.72. The third-order valence-corrected chi connectivity index (χ3v) is 2.44. The molecule has 5 nitrogen and oxygen atoms in total. The highest BCUT2D eigenvalue weighted by Crippen LogP contribution is 2.28. The molecule has 0 saturated carbocycles. The second-order valence-corrected chi connectivity index (χ2v) is 3.65. The van der Waals surface area contributed by atoms with Crippen LogP contribution in [0.2, 0.25) is 0 Å². The van der Waals surface area contributed by atoms with E-state index in [-0.39, 0.29) is 11.7 Å². The number of hydrogen-bond acceptors (Lipinski definition) is 3. The van der Waals surface area contributed by atoms with Crippen LogP contribution in [0.15, 0.2) is 41.8 Å². The first-order valence-corrected chi connectivity index (χ1v) is 5.12. The number of halogens is 3. The highest BCUT2D eigenvalue weighted by molar-refractivity contribution is 5.96. The third kappa shape index (κ3) is 2.51. The van der Waals surface area contributed by atoms with E-state index in [2.05, 4.69) is 10.1 Å². The lowest BCUT2D eigenvalue weighted by molar-refractivity contribution is -0.137. The van der Waals surface area contributed by atoms with Crippen molar-refractivity contribution >= 4 is 5.84 Å². The molecule has 0 aromatic carbocycles. The molecule has 0 aliphatic carbocycles. The largest absolute Gasteiger partial charge is 0.417 e. The molecule has 0 saturated heterocycles. The predicted octanol–water partition coefficient (Wildman–Crippen LogP) is 1.99. The van der Waals surface area contributed by atoms with Gasteiger partial charge in [-0.15, -0.1) is 0 Å². The minimum absolute atomic E-state index is 0.160. The zero-order chi connectivity index (χ0) is 14.0. The van der Waals surface area contributed by atoms with Crippen molar-refractivity contribution in [2.24, 2.45) is 10.9 Å². The average Bonchev–Trinajstić information content (AvgIpc) is 2.86. The van der Waals surface area contributed by atoms with Gasteiger partial charge >= 0.3 is 6.18 Å². The van der Waals surface area contributed by atoms with E-state index in [0.717, 1.165) is 12.3 Å². The Morgan fingerprint density at radius 3 is 2.58 bits per heavy atom. The Morgan fingerprint density at radius 1 is 1.32 bits per heavy atom. The van der Waals surface area contributed by atoms with Crippen molar-refractivity contribution in [1.82, 2.24) is 9.55 Å². The van der Waals surface area contributed by atoms with Crippen molar-refractivity contribution in [3.63, 3.8) is 0 Å². The van der Waals surface area contributed by atoms with Crippen molar-refractivity contribution < 1.29 is 18.4 Å². The van der Waals surface area contributed by atoms with Gasteiger partial charge in [-0.25, -0.2) is 4.98 Å². The lowest BCUT2D eigenvalue weighted by Crippen LogP contribution is -2.18. The molecule has 2 aromatic rings.